The van der Waals surface area contributed by atoms with Gasteiger partial charge >= 0.3 is 0 Å². The Morgan fingerprint density at radius 3 is 2.50 bits per heavy atom. The Hall–Kier alpha value is -0.0800. The van der Waals surface area contributed by atoms with Crippen molar-refractivity contribution in [1.29, 1.82) is 0 Å². The molecule has 14 heavy (non-hydrogen) atoms. The monoisotopic (exact) mass is 199 g/mol. The molecule has 0 spiro atoms. The third kappa shape index (κ3) is 4.43. The molecule has 2 heteroatoms. The molecule has 1 fully saturated rings. The summed E-state index contributed by atoms with van der Waals surface area (Å²) in [6.45, 7) is 4.33. The van der Waals surface area contributed by atoms with E-state index in [1.54, 1.807) is 7.11 Å². The average molecular weight is 199 g/mol. The summed E-state index contributed by atoms with van der Waals surface area (Å²) in [5, 5.41) is 3.41. The Labute approximate surface area is 88.4 Å². The van der Waals surface area contributed by atoms with Gasteiger partial charge in [-0.15, -0.1) is 0 Å². The quantitative estimate of drug-likeness (QED) is 0.680. The van der Waals surface area contributed by atoms with Gasteiger partial charge in [-0.05, 0) is 46.1 Å². The molecule has 1 atom stereocenters. The smallest absolute Gasteiger partial charge is 0.0623 e. The van der Waals surface area contributed by atoms with Crippen molar-refractivity contribution >= 4 is 0 Å². The van der Waals surface area contributed by atoms with E-state index in [-0.39, 0.29) is 5.60 Å². The molecule has 0 aromatic heterocycles. The molecule has 1 aliphatic carbocycles. The maximum absolute atomic E-state index is 5.43. The van der Waals surface area contributed by atoms with Gasteiger partial charge in [0.2, 0.25) is 0 Å². The Bertz CT molecular complexity index is 164. The Kier molecular flexibility index (Phi) is 4.39. The topological polar surface area (TPSA) is 21.3 Å². The fraction of sp³-hybridized carbons (Fsp3) is 1.00. The lowest BCUT2D eigenvalue weighted by Gasteiger charge is -2.25. The molecule has 1 rings (SSSR count). The van der Waals surface area contributed by atoms with Crippen molar-refractivity contribution in [1.82, 2.24) is 5.32 Å². The highest BCUT2D eigenvalue weighted by Crippen LogP contribution is 2.34. The molecule has 1 N–H and O–H groups in total. The fourth-order valence-corrected chi connectivity index (χ4v) is 1.76. The van der Waals surface area contributed by atoms with E-state index < -0.39 is 0 Å². The third-order valence-corrected chi connectivity index (χ3v) is 3.37. The van der Waals surface area contributed by atoms with E-state index in [1.165, 1.54) is 25.7 Å². The molecular weight excluding hydrogens is 174 g/mol. The first-order valence-electron chi connectivity index (χ1n) is 5.80. The van der Waals surface area contributed by atoms with Crippen LogP contribution in [0.2, 0.25) is 0 Å². The van der Waals surface area contributed by atoms with Crippen LogP contribution in [0.4, 0.5) is 0 Å². The largest absolute Gasteiger partial charge is 0.379 e. The second-order valence-corrected chi connectivity index (χ2v) is 5.17. The van der Waals surface area contributed by atoms with Gasteiger partial charge in [0.05, 0.1) is 5.60 Å². The summed E-state index contributed by atoms with van der Waals surface area (Å²) >= 11 is 0. The SMILES string of the molecule is CNC(CCC(C)(C)OC)CC1CC1. The predicted octanol–water partition coefficient (Wildman–Crippen LogP) is 2.58. The molecule has 1 aliphatic rings. The van der Waals surface area contributed by atoms with Gasteiger partial charge in [-0.3, -0.25) is 0 Å². The number of methoxy groups -OCH3 is 1. The van der Waals surface area contributed by atoms with Crippen LogP contribution in [0.25, 0.3) is 0 Å². The minimum atomic E-state index is 0.0403. The molecule has 0 aliphatic heterocycles. The minimum absolute atomic E-state index is 0.0403. The van der Waals surface area contributed by atoms with Crippen molar-refractivity contribution in [2.45, 2.75) is 57.6 Å². The molecule has 0 saturated heterocycles. The molecule has 84 valence electrons. The lowest BCUT2D eigenvalue weighted by molar-refractivity contribution is 0.0116. The fourth-order valence-electron chi connectivity index (χ4n) is 1.76. The van der Waals surface area contributed by atoms with Gasteiger partial charge in [0.25, 0.3) is 0 Å². The maximum Gasteiger partial charge on any atom is 0.0623 e. The Morgan fingerprint density at radius 2 is 2.07 bits per heavy atom. The molecule has 2 nitrogen and oxygen atoms in total. The van der Waals surface area contributed by atoms with Gasteiger partial charge in [0.1, 0.15) is 0 Å². The van der Waals surface area contributed by atoms with E-state index >= 15 is 0 Å². The zero-order valence-electron chi connectivity index (χ0n) is 10.1. The average Bonchev–Trinajstić information content (AvgIpc) is 2.96. The van der Waals surface area contributed by atoms with Crippen LogP contribution < -0.4 is 5.32 Å². The van der Waals surface area contributed by atoms with Crippen LogP contribution in [-0.4, -0.2) is 25.8 Å². The zero-order chi connectivity index (χ0) is 10.6. The van der Waals surface area contributed by atoms with Gasteiger partial charge in [-0.1, -0.05) is 12.8 Å². The van der Waals surface area contributed by atoms with E-state index in [9.17, 15) is 0 Å². The number of rotatable bonds is 7. The van der Waals surface area contributed by atoms with Crippen molar-refractivity contribution in [3.63, 3.8) is 0 Å². The molecule has 0 heterocycles. The number of ether oxygens (including phenoxy) is 1. The van der Waals surface area contributed by atoms with Crippen molar-refractivity contribution in [3.8, 4) is 0 Å². The standard InChI is InChI=1S/C12H25NO/c1-12(2,14-4)8-7-11(13-3)9-10-5-6-10/h10-11,13H,5-9H2,1-4H3. The van der Waals surface area contributed by atoms with Gasteiger partial charge in [-0.2, -0.15) is 0 Å². The molecule has 0 aromatic rings. The summed E-state index contributed by atoms with van der Waals surface area (Å²) in [6, 6.07) is 0.692. The summed E-state index contributed by atoms with van der Waals surface area (Å²) in [5.41, 5.74) is 0.0403. The normalized spacial score (nSPS) is 19.7. The van der Waals surface area contributed by atoms with E-state index in [0.29, 0.717) is 6.04 Å². The van der Waals surface area contributed by atoms with Crippen LogP contribution in [0.5, 0.6) is 0 Å². The van der Waals surface area contributed by atoms with Crippen molar-refractivity contribution < 1.29 is 4.74 Å². The summed E-state index contributed by atoms with van der Waals surface area (Å²) in [4.78, 5) is 0. The van der Waals surface area contributed by atoms with Crippen LogP contribution in [0, 0.1) is 5.92 Å². The number of nitrogens with one attached hydrogen (secondary N) is 1. The molecule has 1 saturated carbocycles. The highest BCUT2D eigenvalue weighted by atomic mass is 16.5. The van der Waals surface area contributed by atoms with Crippen molar-refractivity contribution in [3.05, 3.63) is 0 Å². The second-order valence-electron chi connectivity index (χ2n) is 5.17. The van der Waals surface area contributed by atoms with Gasteiger partial charge in [0, 0.05) is 13.2 Å². The van der Waals surface area contributed by atoms with Crippen molar-refractivity contribution in [2.24, 2.45) is 5.92 Å². The van der Waals surface area contributed by atoms with Crippen LogP contribution in [-0.2, 0) is 4.74 Å². The third-order valence-electron chi connectivity index (χ3n) is 3.37. The van der Waals surface area contributed by atoms with E-state index in [2.05, 4.69) is 26.2 Å². The Morgan fingerprint density at radius 1 is 1.43 bits per heavy atom. The summed E-state index contributed by atoms with van der Waals surface area (Å²) in [6.07, 6.45) is 6.63. The Balaban J connectivity index is 2.18. The van der Waals surface area contributed by atoms with E-state index in [0.717, 1.165) is 12.3 Å². The van der Waals surface area contributed by atoms with E-state index in [4.69, 9.17) is 4.74 Å². The lowest BCUT2D eigenvalue weighted by atomic mass is 9.96. The van der Waals surface area contributed by atoms with Crippen molar-refractivity contribution in [2.75, 3.05) is 14.2 Å². The first-order chi connectivity index (χ1) is 6.57. The molecule has 0 radical (unpaired) electrons. The predicted molar refractivity (Wildman–Crippen MR) is 60.5 cm³/mol. The van der Waals surface area contributed by atoms with Crippen LogP contribution >= 0.6 is 0 Å². The van der Waals surface area contributed by atoms with Crippen LogP contribution in [0.3, 0.4) is 0 Å². The lowest BCUT2D eigenvalue weighted by Crippen LogP contribution is -2.30. The van der Waals surface area contributed by atoms with Gasteiger partial charge < -0.3 is 10.1 Å². The van der Waals surface area contributed by atoms with Gasteiger partial charge in [-0.25, -0.2) is 0 Å². The van der Waals surface area contributed by atoms with E-state index in [1.807, 2.05) is 0 Å². The van der Waals surface area contributed by atoms with Gasteiger partial charge in [0.15, 0.2) is 0 Å². The number of hydrogen-bond donors (Lipinski definition) is 1. The maximum atomic E-state index is 5.43. The highest BCUT2D eigenvalue weighted by molar-refractivity contribution is 4.81. The molecule has 0 aromatic carbocycles. The number of hydrogen-bond acceptors (Lipinski definition) is 2. The highest BCUT2D eigenvalue weighted by Gasteiger charge is 2.26. The molecule has 0 amide bonds. The van der Waals surface area contributed by atoms with Crippen LogP contribution in [0.15, 0.2) is 0 Å². The first kappa shape index (κ1) is 12.0. The molecular formula is C12H25NO. The summed E-state index contributed by atoms with van der Waals surface area (Å²) in [7, 11) is 3.88. The summed E-state index contributed by atoms with van der Waals surface area (Å²) < 4.78 is 5.43. The first-order valence-corrected chi connectivity index (χ1v) is 5.80. The molecule has 1 unspecified atom stereocenters. The second kappa shape index (κ2) is 5.13. The zero-order valence-corrected chi connectivity index (χ0v) is 10.1. The minimum Gasteiger partial charge on any atom is -0.379 e. The van der Waals surface area contributed by atoms with Crippen LogP contribution in [0.1, 0.15) is 46.0 Å². The summed E-state index contributed by atoms with van der Waals surface area (Å²) in [5.74, 6) is 1.01. The molecule has 0 bridgehead atoms.